The molecule has 0 radical (unpaired) electrons. The quantitative estimate of drug-likeness (QED) is 0.733. The summed E-state index contributed by atoms with van der Waals surface area (Å²) >= 11 is 0. The van der Waals surface area contributed by atoms with Crippen molar-refractivity contribution in [1.29, 1.82) is 5.26 Å². The summed E-state index contributed by atoms with van der Waals surface area (Å²) < 4.78 is 5.47. The van der Waals surface area contributed by atoms with E-state index in [1.807, 2.05) is 0 Å². The summed E-state index contributed by atoms with van der Waals surface area (Å²) in [6.45, 7) is 1.49. The molecule has 0 aromatic heterocycles. The molecule has 0 aromatic carbocycles. The Bertz CT molecular complexity index is 299. The SMILES string of the molecule is N#CCCCCC(=O)C1CC2COCC(C1)N2. The van der Waals surface area contributed by atoms with Gasteiger partial charge in [0.2, 0.25) is 0 Å². The molecule has 0 spiro atoms. The summed E-state index contributed by atoms with van der Waals surface area (Å²) in [7, 11) is 0. The van der Waals surface area contributed by atoms with E-state index in [1.165, 1.54) is 0 Å². The van der Waals surface area contributed by atoms with E-state index in [2.05, 4.69) is 11.4 Å². The summed E-state index contributed by atoms with van der Waals surface area (Å²) in [4.78, 5) is 12.0. The number of ether oxygens (including phenoxy) is 1. The number of ketones is 1. The first-order chi connectivity index (χ1) is 8.29. The summed E-state index contributed by atoms with van der Waals surface area (Å²) in [6, 6.07) is 2.86. The van der Waals surface area contributed by atoms with Crippen molar-refractivity contribution >= 4 is 5.78 Å². The molecule has 17 heavy (non-hydrogen) atoms. The molecule has 2 fully saturated rings. The van der Waals surface area contributed by atoms with Gasteiger partial charge in [0.15, 0.2) is 0 Å². The van der Waals surface area contributed by atoms with Crippen LogP contribution in [0.5, 0.6) is 0 Å². The second kappa shape index (κ2) is 6.13. The molecule has 2 bridgehead atoms. The van der Waals surface area contributed by atoms with E-state index >= 15 is 0 Å². The fourth-order valence-corrected chi connectivity index (χ4v) is 2.81. The molecule has 2 heterocycles. The maximum Gasteiger partial charge on any atom is 0.136 e. The van der Waals surface area contributed by atoms with Crippen molar-refractivity contribution in [2.45, 2.75) is 50.6 Å². The smallest absolute Gasteiger partial charge is 0.136 e. The van der Waals surface area contributed by atoms with Crippen LogP contribution < -0.4 is 5.32 Å². The standard InChI is InChI=1S/C13H20N2O2/c14-5-3-1-2-4-13(16)10-6-11-8-17-9-12(7-10)15-11/h10-12,15H,1-4,6-9H2. The topological polar surface area (TPSA) is 62.1 Å². The molecule has 4 nitrogen and oxygen atoms in total. The van der Waals surface area contributed by atoms with Gasteiger partial charge in [-0.1, -0.05) is 0 Å². The van der Waals surface area contributed by atoms with Crippen molar-refractivity contribution in [2.75, 3.05) is 13.2 Å². The number of carbonyl (C=O) groups excluding carboxylic acids is 1. The summed E-state index contributed by atoms with van der Waals surface area (Å²) in [5.41, 5.74) is 0. The zero-order valence-electron chi connectivity index (χ0n) is 10.2. The monoisotopic (exact) mass is 236 g/mol. The Labute approximate surface area is 102 Å². The van der Waals surface area contributed by atoms with Crippen molar-refractivity contribution in [2.24, 2.45) is 5.92 Å². The van der Waals surface area contributed by atoms with Gasteiger partial charge < -0.3 is 10.1 Å². The average molecular weight is 236 g/mol. The molecule has 2 unspecified atom stereocenters. The van der Waals surface area contributed by atoms with Gasteiger partial charge in [-0.2, -0.15) is 5.26 Å². The number of unbranched alkanes of at least 4 members (excludes halogenated alkanes) is 2. The van der Waals surface area contributed by atoms with E-state index in [-0.39, 0.29) is 5.92 Å². The number of nitriles is 1. The highest BCUT2D eigenvalue weighted by Gasteiger charge is 2.34. The van der Waals surface area contributed by atoms with E-state index in [0.29, 0.717) is 30.7 Å². The maximum absolute atomic E-state index is 12.0. The highest BCUT2D eigenvalue weighted by Crippen LogP contribution is 2.26. The number of rotatable bonds is 5. The number of morpholine rings is 1. The molecule has 2 rings (SSSR count). The number of nitrogens with one attached hydrogen (secondary N) is 1. The van der Waals surface area contributed by atoms with Gasteiger partial charge >= 0.3 is 0 Å². The van der Waals surface area contributed by atoms with Gasteiger partial charge in [-0.3, -0.25) is 4.79 Å². The van der Waals surface area contributed by atoms with Crippen LogP contribution in [0.1, 0.15) is 38.5 Å². The number of Topliss-reactive ketones (excluding diaryl/α,β-unsaturated/α-hetero) is 1. The molecule has 0 amide bonds. The van der Waals surface area contributed by atoms with Crippen LogP contribution in [0.4, 0.5) is 0 Å². The molecule has 2 atom stereocenters. The lowest BCUT2D eigenvalue weighted by Crippen LogP contribution is -2.55. The van der Waals surface area contributed by atoms with Crippen molar-refractivity contribution in [3.8, 4) is 6.07 Å². The van der Waals surface area contributed by atoms with Crippen LogP contribution in [0.3, 0.4) is 0 Å². The predicted octanol–water partition coefficient (Wildman–Crippen LogP) is 1.41. The highest BCUT2D eigenvalue weighted by molar-refractivity contribution is 5.81. The number of carbonyl (C=O) groups is 1. The lowest BCUT2D eigenvalue weighted by atomic mass is 9.83. The zero-order chi connectivity index (χ0) is 12.1. The minimum atomic E-state index is 0.220. The first-order valence-corrected chi connectivity index (χ1v) is 6.53. The van der Waals surface area contributed by atoms with Gasteiger partial charge in [0.1, 0.15) is 5.78 Å². The lowest BCUT2D eigenvalue weighted by molar-refractivity contribution is -0.126. The van der Waals surface area contributed by atoms with Crippen LogP contribution >= 0.6 is 0 Å². The van der Waals surface area contributed by atoms with E-state index in [4.69, 9.17) is 10.00 Å². The fourth-order valence-electron chi connectivity index (χ4n) is 2.81. The van der Waals surface area contributed by atoms with Crippen LogP contribution in [0.2, 0.25) is 0 Å². The Morgan fingerprint density at radius 3 is 2.65 bits per heavy atom. The minimum absolute atomic E-state index is 0.220. The third kappa shape index (κ3) is 3.52. The van der Waals surface area contributed by atoms with Gasteiger partial charge in [-0.05, 0) is 25.7 Å². The van der Waals surface area contributed by atoms with Gasteiger partial charge in [0.25, 0.3) is 0 Å². The van der Waals surface area contributed by atoms with Gasteiger partial charge in [-0.25, -0.2) is 0 Å². The Balaban J connectivity index is 1.74. The third-order valence-electron chi connectivity index (χ3n) is 3.66. The first-order valence-electron chi connectivity index (χ1n) is 6.53. The minimum Gasteiger partial charge on any atom is -0.378 e. The number of hydrogen-bond donors (Lipinski definition) is 1. The van der Waals surface area contributed by atoms with Gasteiger partial charge in [0, 0.05) is 30.8 Å². The largest absolute Gasteiger partial charge is 0.378 e. The van der Waals surface area contributed by atoms with E-state index < -0.39 is 0 Å². The van der Waals surface area contributed by atoms with Crippen LogP contribution in [0, 0.1) is 17.2 Å². The zero-order valence-corrected chi connectivity index (χ0v) is 10.2. The molecular weight excluding hydrogens is 216 g/mol. The second-order valence-corrected chi connectivity index (χ2v) is 5.10. The maximum atomic E-state index is 12.0. The van der Waals surface area contributed by atoms with Crippen LogP contribution in [-0.4, -0.2) is 31.1 Å². The van der Waals surface area contributed by atoms with Crippen molar-refractivity contribution in [1.82, 2.24) is 5.32 Å². The number of fused-ring (bicyclic) bond motifs is 2. The number of hydrogen-bond acceptors (Lipinski definition) is 4. The number of nitrogens with zero attached hydrogens (tertiary/aromatic N) is 1. The van der Waals surface area contributed by atoms with E-state index in [1.54, 1.807) is 0 Å². The second-order valence-electron chi connectivity index (χ2n) is 5.10. The number of piperidine rings is 1. The fraction of sp³-hybridized carbons (Fsp3) is 0.846. The van der Waals surface area contributed by atoms with Crippen molar-refractivity contribution in [3.63, 3.8) is 0 Å². The predicted molar refractivity (Wildman–Crippen MR) is 63.3 cm³/mol. The molecule has 2 aliphatic rings. The Morgan fingerprint density at radius 2 is 2.00 bits per heavy atom. The summed E-state index contributed by atoms with van der Waals surface area (Å²) in [5, 5.41) is 11.9. The molecule has 0 saturated carbocycles. The summed E-state index contributed by atoms with van der Waals surface area (Å²) in [6.07, 6.45) is 4.78. The molecule has 94 valence electrons. The van der Waals surface area contributed by atoms with E-state index in [0.717, 1.165) is 38.9 Å². The third-order valence-corrected chi connectivity index (χ3v) is 3.66. The van der Waals surface area contributed by atoms with Crippen molar-refractivity contribution in [3.05, 3.63) is 0 Å². The highest BCUT2D eigenvalue weighted by atomic mass is 16.5. The Hall–Kier alpha value is -0.920. The molecular formula is C13H20N2O2. The lowest BCUT2D eigenvalue weighted by Gasteiger charge is -2.39. The van der Waals surface area contributed by atoms with Gasteiger partial charge in [0.05, 0.1) is 19.3 Å². The summed E-state index contributed by atoms with van der Waals surface area (Å²) in [5.74, 6) is 0.610. The molecule has 2 aliphatic heterocycles. The molecule has 1 N–H and O–H groups in total. The molecule has 4 heteroatoms. The molecule has 2 saturated heterocycles. The Morgan fingerprint density at radius 1 is 1.29 bits per heavy atom. The van der Waals surface area contributed by atoms with Crippen LogP contribution in [0.15, 0.2) is 0 Å². The van der Waals surface area contributed by atoms with E-state index in [9.17, 15) is 4.79 Å². The molecule has 0 aliphatic carbocycles. The average Bonchev–Trinajstić information content (AvgIpc) is 2.34. The van der Waals surface area contributed by atoms with Crippen LogP contribution in [-0.2, 0) is 9.53 Å². The molecule has 0 aromatic rings. The van der Waals surface area contributed by atoms with Gasteiger partial charge in [-0.15, -0.1) is 0 Å². The first kappa shape index (κ1) is 12.5. The van der Waals surface area contributed by atoms with Crippen LogP contribution in [0.25, 0.3) is 0 Å². The van der Waals surface area contributed by atoms with Crippen molar-refractivity contribution < 1.29 is 9.53 Å². The Kier molecular flexibility index (Phi) is 4.52. The normalized spacial score (nSPS) is 31.8.